The Hall–Kier alpha value is -2.95. The molecule has 0 aromatic heterocycles. The van der Waals surface area contributed by atoms with Crippen molar-refractivity contribution in [2.24, 2.45) is 5.92 Å². The summed E-state index contributed by atoms with van der Waals surface area (Å²) in [5.74, 6) is 0.517. The first-order valence-corrected chi connectivity index (χ1v) is 10.4. The standard InChI is InChI=1S/C24H24N2O3/c1-15-14-18(16-10-12-25(13-11-16)22(27)17-6-7-17)8-9-21(15)26-23(28)19-4-2-3-5-20(19)24(26)29/h2-5,8-9,14,16-17H,6-7,10-13H2,1H3. The van der Waals surface area contributed by atoms with Crippen molar-refractivity contribution in [2.45, 2.75) is 38.5 Å². The van der Waals surface area contributed by atoms with E-state index < -0.39 is 0 Å². The van der Waals surface area contributed by atoms with Crippen molar-refractivity contribution in [2.75, 3.05) is 18.0 Å². The number of benzene rings is 2. The summed E-state index contributed by atoms with van der Waals surface area (Å²) >= 11 is 0. The summed E-state index contributed by atoms with van der Waals surface area (Å²) in [4.78, 5) is 41.1. The molecule has 5 heteroatoms. The van der Waals surface area contributed by atoms with Crippen LogP contribution >= 0.6 is 0 Å². The van der Waals surface area contributed by atoms with Crippen LogP contribution in [0.25, 0.3) is 0 Å². The molecule has 5 nitrogen and oxygen atoms in total. The molecule has 2 fully saturated rings. The van der Waals surface area contributed by atoms with E-state index >= 15 is 0 Å². The molecule has 1 saturated carbocycles. The Morgan fingerprint density at radius 1 is 0.897 bits per heavy atom. The number of fused-ring (bicyclic) bond motifs is 1. The van der Waals surface area contributed by atoms with Gasteiger partial charge in [0.2, 0.25) is 5.91 Å². The molecule has 1 aliphatic carbocycles. The maximum Gasteiger partial charge on any atom is 0.266 e. The van der Waals surface area contributed by atoms with Gasteiger partial charge in [-0.05, 0) is 67.9 Å². The van der Waals surface area contributed by atoms with Crippen molar-refractivity contribution in [3.05, 3.63) is 64.7 Å². The van der Waals surface area contributed by atoms with Crippen molar-refractivity contribution >= 4 is 23.4 Å². The van der Waals surface area contributed by atoms with Crippen LogP contribution in [0.3, 0.4) is 0 Å². The molecule has 2 aromatic rings. The second kappa shape index (κ2) is 6.83. The molecule has 2 aromatic carbocycles. The normalized spacial score (nSPS) is 19.6. The van der Waals surface area contributed by atoms with Crippen LogP contribution in [0.4, 0.5) is 5.69 Å². The van der Waals surface area contributed by atoms with Crippen LogP contribution in [0, 0.1) is 12.8 Å². The molecule has 0 atom stereocenters. The van der Waals surface area contributed by atoms with E-state index in [4.69, 9.17) is 0 Å². The number of carbonyl (C=O) groups excluding carboxylic acids is 3. The van der Waals surface area contributed by atoms with Crippen LogP contribution in [-0.2, 0) is 4.79 Å². The first-order chi connectivity index (χ1) is 14.0. The number of amides is 3. The highest BCUT2D eigenvalue weighted by atomic mass is 16.2. The molecule has 1 saturated heterocycles. The smallest absolute Gasteiger partial charge is 0.266 e. The van der Waals surface area contributed by atoms with E-state index in [1.807, 2.05) is 24.0 Å². The van der Waals surface area contributed by atoms with Crippen LogP contribution in [0.15, 0.2) is 42.5 Å². The van der Waals surface area contributed by atoms with E-state index in [9.17, 15) is 14.4 Å². The lowest BCUT2D eigenvalue weighted by Crippen LogP contribution is -2.38. The highest BCUT2D eigenvalue weighted by molar-refractivity contribution is 6.34. The minimum atomic E-state index is -0.256. The van der Waals surface area contributed by atoms with Crippen LogP contribution in [0.1, 0.15) is 63.4 Å². The van der Waals surface area contributed by atoms with E-state index in [-0.39, 0.29) is 17.7 Å². The lowest BCUT2D eigenvalue weighted by molar-refractivity contribution is -0.133. The van der Waals surface area contributed by atoms with E-state index in [0.29, 0.717) is 28.6 Å². The Morgan fingerprint density at radius 2 is 1.52 bits per heavy atom. The molecule has 0 bridgehead atoms. The van der Waals surface area contributed by atoms with Crippen molar-refractivity contribution in [3.8, 4) is 0 Å². The van der Waals surface area contributed by atoms with E-state index in [1.165, 1.54) is 10.5 Å². The van der Waals surface area contributed by atoms with Gasteiger partial charge in [-0.1, -0.05) is 24.3 Å². The molecule has 5 rings (SSSR count). The van der Waals surface area contributed by atoms with E-state index in [2.05, 4.69) is 6.07 Å². The second-order valence-corrected chi connectivity index (χ2v) is 8.41. The van der Waals surface area contributed by atoms with Crippen molar-refractivity contribution < 1.29 is 14.4 Å². The molecule has 2 aliphatic heterocycles. The number of rotatable bonds is 3. The minimum absolute atomic E-state index is 0.256. The SMILES string of the molecule is Cc1cc(C2CCN(C(=O)C3CC3)CC2)ccc1N1C(=O)c2ccccc2C1=O. The van der Waals surface area contributed by atoms with Crippen LogP contribution in [0.5, 0.6) is 0 Å². The van der Waals surface area contributed by atoms with Gasteiger partial charge in [0.15, 0.2) is 0 Å². The van der Waals surface area contributed by atoms with E-state index in [1.54, 1.807) is 24.3 Å². The highest BCUT2D eigenvalue weighted by Gasteiger charge is 2.37. The molecule has 3 aliphatic rings. The Morgan fingerprint density at radius 3 is 2.07 bits per heavy atom. The third-order valence-corrected chi connectivity index (χ3v) is 6.46. The predicted molar refractivity (Wildman–Crippen MR) is 110 cm³/mol. The van der Waals surface area contributed by atoms with Gasteiger partial charge in [0.05, 0.1) is 16.8 Å². The average molecular weight is 388 g/mol. The number of imide groups is 1. The quantitative estimate of drug-likeness (QED) is 0.749. The Labute approximate surface area is 170 Å². The third-order valence-electron chi connectivity index (χ3n) is 6.46. The zero-order chi connectivity index (χ0) is 20.1. The number of anilines is 1. The first kappa shape index (κ1) is 18.1. The summed E-state index contributed by atoms with van der Waals surface area (Å²) in [6, 6.07) is 13.0. The van der Waals surface area contributed by atoms with Gasteiger partial charge < -0.3 is 4.90 Å². The van der Waals surface area contributed by atoms with Crippen LogP contribution in [-0.4, -0.2) is 35.7 Å². The van der Waals surface area contributed by atoms with Gasteiger partial charge in [0.1, 0.15) is 0 Å². The third kappa shape index (κ3) is 3.05. The lowest BCUT2D eigenvalue weighted by Gasteiger charge is -2.32. The number of carbonyl (C=O) groups is 3. The number of piperidine rings is 1. The second-order valence-electron chi connectivity index (χ2n) is 8.41. The molecule has 3 amide bonds. The molecule has 148 valence electrons. The molecular formula is C24H24N2O3. The zero-order valence-electron chi connectivity index (χ0n) is 16.6. The first-order valence-electron chi connectivity index (χ1n) is 10.4. The van der Waals surface area contributed by atoms with Gasteiger partial charge in [-0.25, -0.2) is 4.90 Å². The maximum atomic E-state index is 12.8. The van der Waals surface area contributed by atoms with Crippen LogP contribution in [0.2, 0.25) is 0 Å². The summed E-state index contributed by atoms with van der Waals surface area (Å²) in [5, 5.41) is 0. The highest BCUT2D eigenvalue weighted by Crippen LogP contribution is 2.36. The van der Waals surface area contributed by atoms with Crippen molar-refractivity contribution in [1.29, 1.82) is 0 Å². The average Bonchev–Trinajstić information content (AvgIpc) is 3.56. The molecule has 0 N–H and O–H groups in total. The van der Waals surface area contributed by atoms with Gasteiger partial charge in [0, 0.05) is 19.0 Å². The number of aryl methyl sites for hydroxylation is 1. The molecule has 29 heavy (non-hydrogen) atoms. The fraction of sp³-hybridized carbons (Fsp3) is 0.375. The van der Waals surface area contributed by atoms with Gasteiger partial charge in [0.25, 0.3) is 11.8 Å². The monoisotopic (exact) mass is 388 g/mol. The predicted octanol–water partition coefficient (Wildman–Crippen LogP) is 3.91. The Balaban J connectivity index is 1.33. The zero-order valence-corrected chi connectivity index (χ0v) is 16.6. The summed E-state index contributed by atoms with van der Waals surface area (Å²) in [6.45, 7) is 3.59. The summed E-state index contributed by atoms with van der Waals surface area (Å²) < 4.78 is 0. The number of hydrogen-bond donors (Lipinski definition) is 0. The van der Waals surface area contributed by atoms with Crippen molar-refractivity contribution in [3.63, 3.8) is 0 Å². The lowest BCUT2D eigenvalue weighted by atomic mass is 9.88. The molecular weight excluding hydrogens is 364 g/mol. The van der Waals surface area contributed by atoms with E-state index in [0.717, 1.165) is 44.3 Å². The molecule has 0 radical (unpaired) electrons. The Bertz CT molecular complexity index is 982. The molecule has 2 heterocycles. The minimum Gasteiger partial charge on any atom is -0.342 e. The van der Waals surface area contributed by atoms with Gasteiger partial charge in [-0.3, -0.25) is 14.4 Å². The number of hydrogen-bond acceptors (Lipinski definition) is 3. The van der Waals surface area contributed by atoms with Gasteiger partial charge in [-0.2, -0.15) is 0 Å². The maximum absolute atomic E-state index is 12.8. The van der Waals surface area contributed by atoms with Crippen molar-refractivity contribution in [1.82, 2.24) is 4.90 Å². The number of nitrogens with zero attached hydrogens (tertiary/aromatic N) is 2. The fourth-order valence-electron chi connectivity index (χ4n) is 4.61. The van der Waals surface area contributed by atoms with Crippen LogP contribution < -0.4 is 4.90 Å². The summed E-state index contributed by atoms with van der Waals surface area (Å²) in [7, 11) is 0. The van der Waals surface area contributed by atoms with Gasteiger partial charge in [-0.15, -0.1) is 0 Å². The van der Waals surface area contributed by atoms with Gasteiger partial charge >= 0.3 is 0 Å². The topological polar surface area (TPSA) is 57.7 Å². The fourth-order valence-corrected chi connectivity index (χ4v) is 4.61. The molecule has 0 unspecified atom stereocenters. The molecule has 0 spiro atoms. The summed E-state index contributed by atoms with van der Waals surface area (Å²) in [6.07, 6.45) is 4.03. The summed E-state index contributed by atoms with van der Waals surface area (Å²) in [5.41, 5.74) is 3.73. The largest absolute Gasteiger partial charge is 0.342 e. The Kier molecular flexibility index (Phi) is 4.26. The number of likely N-dealkylation sites (tertiary alicyclic amines) is 1.